The third-order valence-corrected chi connectivity index (χ3v) is 1.32. The van der Waals surface area contributed by atoms with E-state index in [0.717, 1.165) is 12.2 Å². The highest BCUT2D eigenvalue weighted by Crippen LogP contribution is 2.06. The second-order valence-corrected chi connectivity index (χ2v) is 2.51. The first-order chi connectivity index (χ1) is 5.72. The van der Waals surface area contributed by atoms with E-state index in [9.17, 15) is 0 Å². The Hall–Kier alpha value is -1.16. The van der Waals surface area contributed by atoms with Crippen molar-refractivity contribution in [2.75, 3.05) is 0 Å². The van der Waals surface area contributed by atoms with E-state index < -0.39 is 0 Å². The fraction of sp³-hybridized carbons (Fsp3) is 0.500. The lowest BCUT2D eigenvalue weighted by Gasteiger charge is -2.07. The van der Waals surface area contributed by atoms with Crippen molar-refractivity contribution < 1.29 is 4.74 Å². The number of rotatable bonds is 3. The quantitative estimate of drug-likeness (QED) is 0.674. The maximum atomic E-state index is 5.42. The van der Waals surface area contributed by atoms with Crippen LogP contribution in [0.25, 0.3) is 0 Å². The topological polar surface area (TPSA) is 61.0 Å². The van der Waals surface area contributed by atoms with Gasteiger partial charge in [-0.15, -0.1) is 0 Å². The zero-order valence-corrected chi connectivity index (χ0v) is 7.32. The zero-order valence-electron chi connectivity index (χ0n) is 7.32. The predicted molar refractivity (Wildman–Crippen MR) is 45.7 cm³/mol. The van der Waals surface area contributed by atoms with Gasteiger partial charge in [0.15, 0.2) is 5.75 Å². The van der Waals surface area contributed by atoms with Gasteiger partial charge in [-0.1, -0.05) is 6.92 Å². The lowest BCUT2D eigenvalue weighted by Crippen LogP contribution is -2.22. The minimum Gasteiger partial charge on any atom is -0.473 e. The number of nitrogens with zero attached hydrogens (tertiary/aromatic N) is 2. The molecule has 0 aliphatic rings. The highest BCUT2D eigenvalue weighted by Gasteiger charge is 1.98. The van der Waals surface area contributed by atoms with Gasteiger partial charge in [-0.3, -0.25) is 5.73 Å². The standard InChI is InChI=1S/C8H13N3O/c1-3-8-10-4-7(5-11-8)12-6(2)9/h4-6H,3,9H2,1-2H3. The molecule has 12 heavy (non-hydrogen) atoms. The molecule has 0 aromatic carbocycles. The first-order valence-corrected chi connectivity index (χ1v) is 3.95. The van der Waals surface area contributed by atoms with E-state index in [2.05, 4.69) is 9.97 Å². The summed E-state index contributed by atoms with van der Waals surface area (Å²) in [6, 6.07) is 0. The van der Waals surface area contributed by atoms with Crippen molar-refractivity contribution in [3.8, 4) is 5.75 Å². The largest absolute Gasteiger partial charge is 0.473 e. The number of aryl methyl sites for hydroxylation is 1. The van der Waals surface area contributed by atoms with Gasteiger partial charge in [0.05, 0.1) is 12.4 Å². The molecule has 0 aliphatic heterocycles. The maximum Gasteiger partial charge on any atom is 0.158 e. The third-order valence-electron chi connectivity index (χ3n) is 1.32. The molecule has 66 valence electrons. The number of hydrogen-bond acceptors (Lipinski definition) is 4. The Labute approximate surface area is 71.8 Å². The van der Waals surface area contributed by atoms with E-state index in [4.69, 9.17) is 10.5 Å². The Morgan fingerprint density at radius 2 is 2.08 bits per heavy atom. The molecule has 4 nitrogen and oxygen atoms in total. The lowest BCUT2D eigenvalue weighted by atomic mass is 10.4. The van der Waals surface area contributed by atoms with Crippen LogP contribution in [0, 0.1) is 0 Å². The molecule has 4 heteroatoms. The summed E-state index contributed by atoms with van der Waals surface area (Å²) in [5, 5.41) is 0. The van der Waals surface area contributed by atoms with Crippen LogP contribution in [0.4, 0.5) is 0 Å². The van der Waals surface area contributed by atoms with Crippen LogP contribution in [0.1, 0.15) is 19.7 Å². The average molecular weight is 167 g/mol. The van der Waals surface area contributed by atoms with Crippen molar-refractivity contribution in [3.63, 3.8) is 0 Å². The second kappa shape index (κ2) is 4.01. The molecule has 2 N–H and O–H groups in total. The van der Waals surface area contributed by atoms with Crippen LogP contribution in [0.15, 0.2) is 12.4 Å². The van der Waals surface area contributed by atoms with Gasteiger partial charge in [0, 0.05) is 6.42 Å². The molecule has 0 bridgehead atoms. The van der Waals surface area contributed by atoms with Crippen LogP contribution in [0.3, 0.4) is 0 Å². The summed E-state index contributed by atoms with van der Waals surface area (Å²) in [5.41, 5.74) is 5.42. The average Bonchev–Trinajstić information content (AvgIpc) is 2.05. The molecule has 1 heterocycles. The molecule has 1 aromatic heterocycles. The molecule has 0 saturated carbocycles. The monoisotopic (exact) mass is 167 g/mol. The van der Waals surface area contributed by atoms with Crippen molar-refractivity contribution in [1.29, 1.82) is 0 Å². The van der Waals surface area contributed by atoms with Gasteiger partial charge < -0.3 is 4.74 Å². The van der Waals surface area contributed by atoms with Crippen molar-refractivity contribution >= 4 is 0 Å². The van der Waals surface area contributed by atoms with Gasteiger partial charge in [-0.25, -0.2) is 9.97 Å². The Morgan fingerprint density at radius 3 is 2.50 bits per heavy atom. The number of hydrogen-bond donors (Lipinski definition) is 1. The van der Waals surface area contributed by atoms with Crippen molar-refractivity contribution in [2.24, 2.45) is 5.73 Å². The van der Waals surface area contributed by atoms with Crippen molar-refractivity contribution in [1.82, 2.24) is 9.97 Å². The minimum absolute atomic E-state index is 0.318. The van der Waals surface area contributed by atoms with E-state index in [0.29, 0.717) is 5.75 Å². The van der Waals surface area contributed by atoms with Crippen LogP contribution >= 0.6 is 0 Å². The van der Waals surface area contributed by atoms with Gasteiger partial charge in [0.2, 0.25) is 0 Å². The fourth-order valence-electron chi connectivity index (χ4n) is 0.801. The summed E-state index contributed by atoms with van der Waals surface area (Å²) < 4.78 is 5.17. The molecular formula is C8H13N3O. The van der Waals surface area contributed by atoms with Gasteiger partial charge in [0.25, 0.3) is 0 Å². The number of ether oxygens (including phenoxy) is 1. The Morgan fingerprint density at radius 1 is 1.50 bits per heavy atom. The van der Waals surface area contributed by atoms with Crippen LogP contribution in [0.2, 0.25) is 0 Å². The molecular weight excluding hydrogens is 154 g/mol. The maximum absolute atomic E-state index is 5.42. The van der Waals surface area contributed by atoms with Crippen LogP contribution in [-0.2, 0) is 6.42 Å². The first kappa shape index (κ1) is 8.93. The predicted octanol–water partition coefficient (Wildman–Crippen LogP) is 0.723. The molecule has 0 aliphatic carbocycles. The number of aromatic nitrogens is 2. The van der Waals surface area contributed by atoms with E-state index in [-0.39, 0.29) is 6.23 Å². The highest BCUT2D eigenvalue weighted by atomic mass is 16.5. The summed E-state index contributed by atoms with van der Waals surface area (Å²) in [6.07, 6.45) is 3.78. The van der Waals surface area contributed by atoms with Crippen LogP contribution < -0.4 is 10.5 Å². The molecule has 0 radical (unpaired) electrons. The van der Waals surface area contributed by atoms with E-state index in [1.807, 2.05) is 6.92 Å². The van der Waals surface area contributed by atoms with Gasteiger partial charge in [0.1, 0.15) is 12.1 Å². The fourth-order valence-corrected chi connectivity index (χ4v) is 0.801. The summed E-state index contributed by atoms with van der Waals surface area (Å²) in [4.78, 5) is 8.12. The zero-order chi connectivity index (χ0) is 8.97. The van der Waals surface area contributed by atoms with Crippen molar-refractivity contribution in [2.45, 2.75) is 26.5 Å². The molecule has 1 unspecified atom stereocenters. The normalized spacial score (nSPS) is 12.6. The Bertz CT molecular complexity index is 233. The molecule has 0 spiro atoms. The van der Waals surface area contributed by atoms with Crippen LogP contribution in [-0.4, -0.2) is 16.2 Å². The summed E-state index contributed by atoms with van der Waals surface area (Å²) in [5.74, 6) is 1.43. The van der Waals surface area contributed by atoms with Gasteiger partial charge in [-0.2, -0.15) is 0 Å². The third kappa shape index (κ3) is 2.47. The molecule has 1 atom stereocenters. The van der Waals surface area contributed by atoms with E-state index in [1.165, 1.54) is 0 Å². The van der Waals surface area contributed by atoms with Crippen molar-refractivity contribution in [3.05, 3.63) is 18.2 Å². The Balaban J connectivity index is 2.65. The molecule has 0 fully saturated rings. The van der Waals surface area contributed by atoms with E-state index >= 15 is 0 Å². The molecule has 1 aromatic rings. The van der Waals surface area contributed by atoms with Gasteiger partial charge in [-0.05, 0) is 6.92 Å². The lowest BCUT2D eigenvalue weighted by molar-refractivity contribution is 0.228. The molecule has 1 rings (SSSR count). The number of nitrogens with two attached hydrogens (primary N) is 1. The minimum atomic E-state index is -0.318. The van der Waals surface area contributed by atoms with Gasteiger partial charge >= 0.3 is 0 Å². The van der Waals surface area contributed by atoms with Crippen LogP contribution in [0.5, 0.6) is 5.75 Å². The molecule has 0 amide bonds. The summed E-state index contributed by atoms with van der Waals surface area (Å²) in [6.45, 7) is 3.76. The Kier molecular flexibility index (Phi) is 2.99. The van der Waals surface area contributed by atoms with E-state index in [1.54, 1.807) is 19.3 Å². The highest BCUT2D eigenvalue weighted by molar-refractivity contribution is 5.12. The second-order valence-electron chi connectivity index (χ2n) is 2.51. The molecule has 0 saturated heterocycles. The summed E-state index contributed by atoms with van der Waals surface area (Å²) >= 11 is 0. The SMILES string of the molecule is CCc1ncc(OC(C)N)cn1. The summed E-state index contributed by atoms with van der Waals surface area (Å²) in [7, 11) is 0. The first-order valence-electron chi connectivity index (χ1n) is 3.95. The smallest absolute Gasteiger partial charge is 0.158 e.